The molecule has 0 heterocycles. The van der Waals surface area contributed by atoms with Gasteiger partial charge in [-0.1, -0.05) is 212 Å². The molecule has 0 aromatic carbocycles. The zero-order valence-corrected chi connectivity index (χ0v) is 49.5. The first kappa shape index (κ1) is 73.4. The lowest BCUT2D eigenvalue weighted by Crippen LogP contribution is -2.30. The highest BCUT2D eigenvalue weighted by molar-refractivity contribution is 7.47. The number of rotatable bonds is 53. The van der Waals surface area contributed by atoms with Crippen molar-refractivity contribution in [2.45, 2.75) is 226 Å². The summed E-state index contributed by atoms with van der Waals surface area (Å²) in [7, 11) is -4.79. The van der Waals surface area contributed by atoms with E-state index in [1.807, 2.05) is 18.2 Å². The van der Waals surface area contributed by atoms with Crippen molar-refractivity contribution in [3.8, 4) is 0 Å². The molecule has 0 saturated carbocycles. The molecule has 0 radical (unpaired) electrons. The number of hydrogen-bond donors (Lipinski definition) is 2. The molecule has 0 fully saturated rings. The Labute approximate surface area is 473 Å². The van der Waals surface area contributed by atoms with E-state index >= 15 is 0 Å². The Hall–Kier alpha value is -4.64. The summed E-state index contributed by atoms with van der Waals surface area (Å²) in [6.45, 7) is 4.23. The van der Waals surface area contributed by atoms with Gasteiger partial charge in [0.2, 0.25) is 0 Å². The Kier molecular flexibility index (Phi) is 55.0. The maximum Gasteiger partial charge on any atom is 0.472 e. The van der Waals surface area contributed by atoms with Crippen molar-refractivity contribution in [2.75, 3.05) is 26.4 Å². The average molecular weight is 1110 g/mol. The molecule has 0 aliphatic rings. The quantitative estimate of drug-likeness (QED) is 0.0197. The van der Waals surface area contributed by atoms with Gasteiger partial charge in [-0.2, -0.15) is 0 Å². The molecule has 0 amide bonds. The molecule has 0 bridgehead atoms. The first-order valence-corrected chi connectivity index (χ1v) is 31.2. The summed E-state index contributed by atoms with van der Waals surface area (Å²) in [5, 5.41) is 9.80. The molecule has 0 rings (SSSR count). The van der Waals surface area contributed by atoms with E-state index in [4.69, 9.17) is 23.3 Å². The monoisotopic (exact) mass is 1100 g/mol. The summed E-state index contributed by atoms with van der Waals surface area (Å²) in [4.78, 5) is 48.6. The first-order valence-electron chi connectivity index (χ1n) is 29.7. The second-order valence-corrected chi connectivity index (χ2v) is 20.5. The van der Waals surface area contributed by atoms with E-state index < -0.39 is 57.8 Å². The largest absolute Gasteiger partial charge is 0.472 e. The Morgan fingerprint density at radius 1 is 0.372 bits per heavy atom. The van der Waals surface area contributed by atoms with Crippen molar-refractivity contribution in [3.05, 3.63) is 146 Å². The van der Waals surface area contributed by atoms with Crippen molar-refractivity contribution in [3.63, 3.8) is 0 Å². The molecule has 12 heteroatoms. The Morgan fingerprint density at radius 3 is 1.12 bits per heavy atom. The van der Waals surface area contributed by atoms with Crippen molar-refractivity contribution in [1.82, 2.24) is 0 Å². The normalized spacial score (nSPS) is 14.4. The molecule has 440 valence electrons. The van der Waals surface area contributed by atoms with Crippen molar-refractivity contribution in [1.29, 1.82) is 0 Å². The van der Waals surface area contributed by atoms with Gasteiger partial charge in [-0.3, -0.25) is 23.4 Å². The van der Waals surface area contributed by atoms with E-state index in [1.54, 1.807) is 0 Å². The molecule has 0 aliphatic heterocycles. The van der Waals surface area contributed by atoms with E-state index in [9.17, 15) is 28.9 Å². The maximum atomic E-state index is 12.9. The SMILES string of the molecule is CC/C=C\C/C=C\C/C=C\C/C=C\C/C=C\CCCCCC(=O)OC(COC(=O)CCCCCCCC/C=C\C/C=C\C/C=C\CCCCC)COP(=O)(O)OCC(CO)OC(=O)CC/C=C\C/C=C\C/C=C\C/C=C\CC. The van der Waals surface area contributed by atoms with E-state index in [0.29, 0.717) is 19.3 Å². The molecular weight excluding hydrogens is 1000 g/mol. The lowest BCUT2D eigenvalue weighted by Gasteiger charge is -2.21. The second-order valence-electron chi connectivity index (χ2n) is 19.0. The molecule has 3 unspecified atom stereocenters. The maximum absolute atomic E-state index is 12.9. The van der Waals surface area contributed by atoms with Crippen LogP contribution >= 0.6 is 7.82 Å². The van der Waals surface area contributed by atoms with Crippen LogP contribution in [-0.4, -0.2) is 66.5 Å². The molecule has 0 spiro atoms. The summed E-state index contributed by atoms with van der Waals surface area (Å²) in [6.07, 6.45) is 75.3. The fraction of sp³-hybridized carbons (Fsp3) is 0.591. The van der Waals surface area contributed by atoms with Crippen LogP contribution in [0, 0.1) is 0 Å². The summed E-state index contributed by atoms with van der Waals surface area (Å²) in [5.74, 6) is -1.62. The highest BCUT2D eigenvalue weighted by Crippen LogP contribution is 2.43. The van der Waals surface area contributed by atoms with E-state index in [0.717, 1.165) is 128 Å². The van der Waals surface area contributed by atoms with Crippen molar-refractivity contribution < 1.29 is 52.2 Å². The predicted octanol–water partition coefficient (Wildman–Crippen LogP) is 17.9. The predicted molar refractivity (Wildman–Crippen MR) is 325 cm³/mol. The summed E-state index contributed by atoms with van der Waals surface area (Å²) in [5.41, 5.74) is 0. The van der Waals surface area contributed by atoms with Crippen molar-refractivity contribution in [2.24, 2.45) is 0 Å². The van der Waals surface area contributed by atoms with Gasteiger partial charge in [-0.15, -0.1) is 0 Å². The smallest absolute Gasteiger partial charge is 0.462 e. The number of aliphatic hydroxyl groups excluding tert-OH is 1. The van der Waals surface area contributed by atoms with Crippen LogP contribution in [0.2, 0.25) is 0 Å². The molecule has 11 nitrogen and oxygen atoms in total. The van der Waals surface area contributed by atoms with Crippen LogP contribution in [0.5, 0.6) is 0 Å². The standard InChI is InChI=1S/C66H105O11P/c1-4-7-10-13-16-19-22-25-27-29-31-33-35-38-40-43-46-49-52-55-64(68)73-59-63(77-66(70)57-54-51-48-45-42-39-36-34-32-30-28-26-23-20-17-14-11-8-5-2)61-75-78(71,72)74-60-62(58-67)76-65(69)56-53-50-47-44-41-37-24-21-18-15-12-9-6-3/h8-9,11-12,16-21,25-28,31-34,37,39,41-42,47,50,62-63,67H,4-7,10,13-15,22-24,29-30,35-36,38,40,43-46,48-49,51-61H2,1-3H3,(H,71,72)/b11-8-,12-9-,19-16-,20-17-,21-18-,27-25-,28-26-,33-31-,34-32-,41-37-,42-39-,50-47-. The van der Waals surface area contributed by atoms with Crippen LogP contribution in [0.3, 0.4) is 0 Å². The van der Waals surface area contributed by atoms with E-state index in [-0.39, 0.29) is 25.9 Å². The van der Waals surface area contributed by atoms with Crippen LogP contribution in [-0.2, 0) is 42.2 Å². The summed E-state index contributed by atoms with van der Waals surface area (Å²) < 4.78 is 39.4. The highest BCUT2D eigenvalue weighted by Gasteiger charge is 2.28. The van der Waals surface area contributed by atoms with E-state index in [2.05, 4.69) is 148 Å². The Balaban J connectivity index is 4.89. The minimum Gasteiger partial charge on any atom is -0.462 e. The van der Waals surface area contributed by atoms with Gasteiger partial charge < -0.3 is 24.2 Å². The third-order valence-corrected chi connectivity index (χ3v) is 12.7. The number of esters is 3. The molecule has 78 heavy (non-hydrogen) atoms. The van der Waals surface area contributed by atoms with Gasteiger partial charge in [0, 0.05) is 19.3 Å². The van der Waals surface area contributed by atoms with Gasteiger partial charge in [0.1, 0.15) is 12.7 Å². The molecule has 0 saturated heterocycles. The van der Waals surface area contributed by atoms with Gasteiger partial charge in [-0.05, 0) is 128 Å². The Morgan fingerprint density at radius 2 is 0.692 bits per heavy atom. The molecule has 2 N–H and O–H groups in total. The van der Waals surface area contributed by atoms with Crippen LogP contribution in [0.4, 0.5) is 0 Å². The number of aliphatic hydroxyl groups is 1. The fourth-order valence-electron chi connectivity index (χ4n) is 7.28. The molecule has 0 aromatic rings. The summed E-state index contributed by atoms with van der Waals surface area (Å²) >= 11 is 0. The zero-order chi connectivity index (χ0) is 56.9. The van der Waals surface area contributed by atoms with Crippen LogP contribution in [0.15, 0.2) is 146 Å². The van der Waals surface area contributed by atoms with Gasteiger partial charge in [0.15, 0.2) is 6.10 Å². The fourth-order valence-corrected chi connectivity index (χ4v) is 8.07. The molecule has 0 aromatic heterocycles. The van der Waals surface area contributed by atoms with Gasteiger partial charge >= 0.3 is 25.7 Å². The second kappa shape index (κ2) is 58.5. The van der Waals surface area contributed by atoms with Crippen LogP contribution in [0.25, 0.3) is 0 Å². The zero-order valence-electron chi connectivity index (χ0n) is 48.6. The number of hydrogen-bond acceptors (Lipinski definition) is 10. The minimum absolute atomic E-state index is 0.0445. The third kappa shape index (κ3) is 56.1. The lowest BCUT2D eigenvalue weighted by molar-refractivity contribution is -0.161. The van der Waals surface area contributed by atoms with Gasteiger partial charge in [0.05, 0.1) is 19.8 Å². The van der Waals surface area contributed by atoms with E-state index in [1.165, 1.54) is 25.7 Å². The lowest BCUT2D eigenvalue weighted by atomic mass is 10.1. The van der Waals surface area contributed by atoms with Crippen LogP contribution in [0.1, 0.15) is 213 Å². The molecule has 0 aliphatic carbocycles. The number of ether oxygens (including phenoxy) is 3. The number of phosphoric ester groups is 1. The average Bonchev–Trinajstić information content (AvgIpc) is 3.43. The number of allylic oxidation sites excluding steroid dienone is 24. The molecule has 3 atom stereocenters. The number of phosphoric acid groups is 1. The summed E-state index contributed by atoms with van der Waals surface area (Å²) in [6, 6.07) is 0. The first-order chi connectivity index (χ1) is 38.2. The number of carbonyl (C=O) groups excluding carboxylic acids is 3. The highest BCUT2D eigenvalue weighted by atomic mass is 31.2. The number of carbonyl (C=O) groups is 3. The third-order valence-electron chi connectivity index (χ3n) is 11.7. The van der Waals surface area contributed by atoms with Gasteiger partial charge in [-0.25, -0.2) is 4.57 Å². The van der Waals surface area contributed by atoms with Gasteiger partial charge in [0.25, 0.3) is 0 Å². The molecular formula is C66H105O11P. The number of unbranched alkanes of at least 4 members (excludes halogenated alkanes) is 12. The van der Waals surface area contributed by atoms with Crippen molar-refractivity contribution >= 4 is 25.7 Å². The minimum atomic E-state index is -4.79. The topological polar surface area (TPSA) is 155 Å². The Bertz CT molecular complexity index is 1860. The van der Waals surface area contributed by atoms with Crippen LogP contribution < -0.4 is 0 Å².